The van der Waals surface area contributed by atoms with Gasteiger partial charge in [0.15, 0.2) is 0 Å². The Hall–Kier alpha value is -1.31. The van der Waals surface area contributed by atoms with E-state index in [1.54, 1.807) is 6.07 Å². The van der Waals surface area contributed by atoms with E-state index in [1.807, 2.05) is 12.1 Å². The van der Waals surface area contributed by atoms with Crippen LogP contribution >= 0.6 is 0 Å². The molecule has 1 aliphatic rings. The largest absolute Gasteiger partial charge is 0.385 e. The average Bonchev–Trinajstić information content (AvgIpc) is 2.38. The number of anilines is 2. The van der Waals surface area contributed by atoms with Crippen LogP contribution in [0.25, 0.3) is 0 Å². The van der Waals surface area contributed by atoms with Gasteiger partial charge in [-0.05, 0) is 36.6 Å². The summed E-state index contributed by atoms with van der Waals surface area (Å²) in [6, 6.07) is 5.53. The van der Waals surface area contributed by atoms with Gasteiger partial charge in [0.25, 0.3) is 10.2 Å². The first-order valence-corrected chi connectivity index (χ1v) is 7.72. The third-order valence-electron chi connectivity index (χ3n) is 2.89. The van der Waals surface area contributed by atoms with Gasteiger partial charge in [-0.2, -0.15) is 13.1 Å². The fourth-order valence-electron chi connectivity index (χ4n) is 2.01. The summed E-state index contributed by atoms with van der Waals surface area (Å²) in [5.41, 5.74) is 2.80. The smallest absolute Gasteiger partial charge is 0.299 e. The van der Waals surface area contributed by atoms with Crippen molar-refractivity contribution in [1.29, 1.82) is 0 Å². The Morgan fingerprint density at radius 2 is 2.26 bits per heavy atom. The SMILES string of the molecule is COCCNS(=O)(=O)Nc1ccc2c(c1)CCCN2. The molecular weight excluding hydrogens is 266 g/mol. The maximum Gasteiger partial charge on any atom is 0.299 e. The molecule has 2 rings (SSSR count). The lowest BCUT2D eigenvalue weighted by molar-refractivity contribution is 0.204. The second-order valence-corrected chi connectivity index (χ2v) is 5.89. The monoisotopic (exact) mass is 285 g/mol. The predicted molar refractivity (Wildman–Crippen MR) is 75.7 cm³/mol. The van der Waals surface area contributed by atoms with Crippen LogP contribution in [0.1, 0.15) is 12.0 Å². The van der Waals surface area contributed by atoms with Crippen LogP contribution in [0.4, 0.5) is 11.4 Å². The van der Waals surface area contributed by atoms with Gasteiger partial charge >= 0.3 is 0 Å². The third-order valence-corrected chi connectivity index (χ3v) is 3.98. The van der Waals surface area contributed by atoms with Crippen molar-refractivity contribution in [2.75, 3.05) is 36.8 Å². The molecule has 1 aliphatic heterocycles. The Balaban J connectivity index is 2.02. The number of nitrogens with one attached hydrogen (secondary N) is 3. The third kappa shape index (κ3) is 4.09. The van der Waals surface area contributed by atoms with Crippen molar-refractivity contribution in [3.63, 3.8) is 0 Å². The lowest BCUT2D eigenvalue weighted by atomic mass is 10.0. The molecule has 1 aromatic carbocycles. The minimum absolute atomic E-state index is 0.248. The van der Waals surface area contributed by atoms with E-state index in [0.29, 0.717) is 12.3 Å². The van der Waals surface area contributed by atoms with Crippen LogP contribution in [0.3, 0.4) is 0 Å². The van der Waals surface area contributed by atoms with Crippen LogP contribution < -0.4 is 14.8 Å². The molecule has 0 aromatic heterocycles. The normalized spacial score (nSPS) is 14.6. The minimum atomic E-state index is -3.53. The Kier molecular flexibility index (Phi) is 4.62. The highest BCUT2D eigenvalue weighted by molar-refractivity contribution is 7.90. The van der Waals surface area contributed by atoms with E-state index >= 15 is 0 Å². The van der Waals surface area contributed by atoms with Crippen molar-refractivity contribution in [2.45, 2.75) is 12.8 Å². The first-order chi connectivity index (χ1) is 9.11. The summed E-state index contributed by atoms with van der Waals surface area (Å²) in [5, 5.41) is 3.29. The molecule has 0 unspecified atom stereocenters. The molecule has 0 spiro atoms. The Morgan fingerprint density at radius 1 is 1.42 bits per heavy atom. The molecule has 0 aliphatic carbocycles. The molecule has 6 nitrogen and oxygen atoms in total. The van der Waals surface area contributed by atoms with E-state index in [0.717, 1.165) is 30.6 Å². The van der Waals surface area contributed by atoms with Crippen molar-refractivity contribution >= 4 is 21.6 Å². The Labute approximate surface area is 113 Å². The van der Waals surface area contributed by atoms with E-state index in [-0.39, 0.29) is 6.54 Å². The van der Waals surface area contributed by atoms with Gasteiger partial charge in [0, 0.05) is 25.9 Å². The molecular formula is C12H19N3O3S. The standard InChI is InChI=1S/C12H19N3O3S/c1-18-8-7-14-19(16,17)15-11-4-5-12-10(9-11)3-2-6-13-12/h4-5,9,13-15H,2-3,6-8H2,1H3. The lowest BCUT2D eigenvalue weighted by Crippen LogP contribution is -2.32. The predicted octanol–water partition coefficient (Wildman–Crippen LogP) is 0.937. The van der Waals surface area contributed by atoms with Crippen molar-refractivity contribution < 1.29 is 13.2 Å². The lowest BCUT2D eigenvalue weighted by Gasteiger charge is -2.19. The molecule has 0 bridgehead atoms. The molecule has 0 saturated carbocycles. The summed E-state index contributed by atoms with van der Waals surface area (Å²) in [5.74, 6) is 0. The molecule has 1 aromatic rings. The van der Waals surface area contributed by atoms with Crippen LogP contribution in [-0.4, -0.2) is 35.2 Å². The van der Waals surface area contributed by atoms with Crippen LogP contribution in [0.15, 0.2) is 18.2 Å². The van der Waals surface area contributed by atoms with E-state index in [4.69, 9.17) is 4.74 Å². The topological polar surface area (TPSA) is 79.5 Å². The molecule has 0 amide bonds. The van der Waals surface area contributed by atoms with Gasteiger partial charge in [-0.3, -0.25) is 4.72 Å². The minimum Gasteiger partial charge on any atom is -0.385 e. The number of benzene rings is 1. The fourth-order valence-corrected chi connectivity index (χ4v) is 2.87. The summed E-state index contributed by atoms with van der Waals surface area (Å²) >= 11 is 0. The molecule has 106 valence electrons. The van der Waals surface area contributed by atoms with Crippen molar-refractivity contribution in [1.82, 2.24) is 4.72 Å². The van der Waals surface area contributed by atoms with E-state index in [2.05, 4.69) is 14.8 Å². The van der Waals surface area contributed by atoms with Gasteiger partial charge in [-0.1, -0.05) is 0 Å². The zero-order chi connectivity index (χ0) is 13.7. The van der Waals surface area contributed by atoms with Gasteiger partial charge in [0.05, 0.1) is 12.3 Å². The van der Waals surface area contributed by atoms with Gasteiger partial charge in [0.2, 0.25) is 0 Å². The molecule has 0 fully saturated rings. The molecule has 1 heterocycles. The van der Waals surface area contributed by atoms with Crippen LogP contribution in [-0.2, 0) is 21.4 Å². The maximum absolute atomic E-state index is 11.7. The summed E-state index contributed by atoms with van der Waals surface area (Å²) in [7, 11) is -2.01. The van der Waals surface area contributed by atoms with Crippen molar-refractivity contribution in [3.8, 4) is 0 Å². The van der Waals surface area contributed by atoms with Crippen LogP contribution in [0, 0.1) is 0 Å². The maximum atomic E-state index is 11.7. The van der Waals surface area contributed by atoms with Gasteiger partial charge < -0.3 is 10.1 Å². The highest BCUT2D eigenvalue weighted by Gasteiger charge is 2.12. The van der Waals surface area contributed by atoms with Gasteiger partial charge in [0.1, 0.15) is 0 Å². The zero-order valence-corrected chi connectivity index (χ0v) is 11.7. The fraction of sp³-hybridized carbons (Fsp3) is 0.500. The molecule has 0 saturated heterocycles. The van der Waals surface area contributed by atoms with Crippen LogP contribution in [0.2, 0.25) is 0 Å². The highest BCUT2D eigenvalue weighted by atomic mass is 32.2. The molecule has 19 heavy (non-hydrogen) atoms. The Morgan fingerprint density at radius 3 is 3.05 bits per heavy atom. The van der Waals surface area contributed by atoms with Gasteiger partial charge in [-0.15, -0.1) is 0 Å². The number of hydrogen-bond acceptors (Lipinski definition) is 4. The number of hydrogen-bond donors (Lipinski definition) is 3. The molecule has 7 heteroatoms. The summed E-state index contributed by atoms with van der Waals surface area (Å²) in [6.07, 6.45) is 2.03. The summed E-state index contributed by atoms with van der Waals surface area (Å²) < 4.78 is 33.2. The van der Waals surface area contributed by atoms with E-state index in [1.165, 1.54) is 7.11 Å². The van der Waals surface area contributed by atoms with Crippen molar-refractivity contribution in [2.24, 2.45) is 0 Å². The zero-order valence-electron chi connectivity index (χ0n) is 10.9. The summed E-state index contributed by atoms with van der Waals surface area (Å²) in [6.45, 7) is 1.56. The average molecular weight is 285 g/mol. The van der Waals surface area contributed by atoms with Crippen molar-refractivity contribution in [3.05, 3.63) is 23.8 Å². The molecule has 0 atom stereocenters. The quantitative estimate of drug-likeness (QED) is 0.680. The number of rotatable bonds is 6. The summed E-state index contributed by atoms with van der Waals surface area (Å²) in [4.78, 5) is 0. The second kappa shape index (κ2) is 6.23. The van der Waals surface area contributed by atoms with Crippen LogP contribution in [0.5, 0.6) is 0 Å². The first-order valence-electron chi connectivity index (χ1n) is 6.24. The number of fused-ring (bicyclic) bond motifs is 1. The number of ether oxygens (including phenoxy) is 1. The first kappa shape index (κ1) is 14.1. The number of methoxy groups -OCH3 is 1. The highest BCUT2D eigenvalue weighted by Crippen LogP contribution is 2.25. The van der Waals surface area contributed by atoms with Gasteiger partial charge in [-0.25, -0.2) is 0 Å². The Bertz CT molecular complexity index is 531. The number of aryl methyl sites for hydroxylation is 1. The second-order valence-electron chi connectivity index (χ2n) is 4.39. The molecule has 3 N–H and O–H groups in total. The molecule has 0 radical (unpaired) electrons. The van der Waals surface area contributed by atoms with E-state index in [9.17, 15) is 8.42 Å². The van der Waals surface area contributed by atoms with E-state index < -0.39 is 10.2 Å².